The van der Waals surface area contributed by atoms with E-state index in [1.807, 2.05) is 0 Å². The summed E-state index contributed by atoms with van der Waals surface area (Å²) in [5.41, 5.74) is 0. The molecule has 1 saturated heterocycles. The quantitative estimate of drug-likeness (QED) is 0.741. The molecule has 118 valence electrons. The van der Waals surface area contributed by atoms with Crippen LogP contribution in [0.15, 0.2) is 24.3 Å². The van der Waals surface area contributed by atoms with Crippen molar-refractivity contribution < 1.29 is 22.3 Å². The Labute approximate surface area is 124 Å². The maximum atomic E-state index is 12.7. The van der Waals surface area contributed by atoms with Crippen LogP contribution in [0.5, 0.6) is 5.75 Å². The second-order valence-electron chi connectivity index (χ2n) is 4.96. The summed E-state index contributed by atoms with van der Waals surface area (Å²) in [7, 11) is -3.30. The molecule has 1 aromatic carbocycles. The number of sulfonamides is 1. The van der Waals surface area contributed by atoms with Crippen molar-refractivity contribution in [2.75, 3.05) is 25.5 Å². The Morgan fingerprint density at radius 1 is 1.33 bits per heavy atom. The highest BCUT2D eigenvalue weighted by Crippen LogP contribution is 2.12. The van der Waals surface area contributed by atoms with Crippen LogP contribution in [0.1, 0.15) is 19.3 Å². The molecule has 1 heterocycles. The fourth-order valence-corrected chi connectivity index (χ4v) is 3.15. The van der Waals surface area contributed by atoms with Crippen LogP contribution in [-0.4, -0.2) is 40.0 Å². The molecule has 0 unspecified atom stereocenters. The molecule has 1 aliphatic heterocycles. The number of halogens is 1. The highest BCUT2D eigenvalue weighted by Gasteiger charge is 2.18. The Kier molecular flexibility index (Phi) is 5.96. The molecule has 1 aromatic rings. The Morgan fingerprint density at radius 2 is 2.10 bits per heavy atom. The van der Waals surface area contributed by atoms with Gasteiger partial charge in [0.25, 0.3) is 0 Å². The van der Waals surface area contributed by atoms with Gasteiger partial charge in [-0.1, -0.05) is 0 Å². The van der Waals surface area contributed by atoms with Crippen LogP contribution in [0.25, 0.3) is 0 Å². The zero-order valence-corrected chi connectivity index (χ0v) is 12.6. The van der Waals surface area contributed by atoms with Gasteiger partial charge in [-0.3, -0.25) is 0 Å². The lowest BCUT2D eigenvalue weighted by atomic mass is 10.2. The van der Waals surface area contributed by atoms with E-state index in [1.54, 1.807) is 0 Å². The molecule has 0 radical (unpaired) electrons. The van der Waals surface area contributed by atoms with Crippen molar-refractivity contribution in [1.82, 2.24) is 4.72 Å². The molecule has 0 saturated carbocycles. The molecule has 7 heteroatoms. The first-order valence-corrected chi connectivity index (χ1v) is 8.68. The summed E-state index contributed by atoms with van der Waals surface area (Å²) in [6.07, 6.45) is 2.25. The second-order valence-corrected chi connectivity index (χ2v) is 6.88. The van der Waals surface area contributed by atoms with Crippen LogP contribution in [-0.2, 0) is 14.8 Å². The van der Waals surface area contributed by atoms with E-state index in [-0.39, 0.29) is 24.3 Å². The van der Waals surface area contributed by atoms with Gasteiger partial charge in [0, 0.05) is 13.2 Å². The Bertz CT molecular complexity index is 526. The highest BCUT2D eigenvalue weighted by molar-refractivity contribution is 7.89. The molecule has 1 aliphatic rings. The molecule has 1 atom stereocenters. The van der Waals surface area contributed by atoms with Crippen LogP contribution >= 0.6 is 0 Å². The first kappa shape index (κ1) is 16.2. The van der Waals surface area contributed by atoms with Gasteiger partial charge in [-0.05, 0) is 43.5 Å². The van der Waals surface area contributed by atoms with Gasteiger partial charge in [0.15, 0.2) is 0 Å². The van der Waals surface area contributed by atoms with E-state index < -0.39 is 10.0 Å². The predicted molar refractivity (Wildman–Crippen MR) is 77.3 cm³/mol. The number of rotatable bonds is 8. The maximum Gasteiger partial charge on any atom is 0.211 e. The van der Waals surface area contributed by atoms with Crippen molar-refractivity contribution in [3.8, 4) is 5.75 Å². The Morgan fingerprint density at radius 3 is 2.76 bits per heavy atom. The molecule has 21 heavy (non-hydrogen) atoms. The van der Waals surface area contributed by atoms with Crippen LogP contribution in [0, 0.1) is 5.82 Å². The number of hydrogen-bond donors (Lipinski definition) is 1. The van der Waals surface area contributed by atoms with Gasteiger partial charge in [-0.25, -0.2) is 17.5 Å². The van der Waals surface area contributed by atoms with Gasteiger partial charge in [0.2, 0.25) is 10.0 Å². The summed E-state index contributed by atoms with van der Waals surface area (Å²) >= 11 is 0. The van der Waals surface area contributed by atoms with E-state index in [0.29, 0.717) is 25.3 Å². The SMILES string of the molecule is O=S(=O)(CCCOc1ccc(F)cc1)NC[C@@H]1CCCO1. The highest BCUT2D eigenvalue weighted by atomic mass is 32.2. The summed E-state index contributed by atoms with van der Waals surface area (Å²) in [6, 6.07) is 5.63. The molecule has 0 aromatic heterocycles. The Hall–Kier alpha value is -1.18. The van der Waals surface area contributed by atoms with Gasteiger partial charge in [-0.15, -0.1) is 0 Å². The van der Waals surface area contributed by atoms with Crippen molar-refractivity contribution >= 4 is 10.0 Å². The van der Waals surface area contributed by atoms with E-state index in [0.717, 1.165) is 12.8 Å². The van der Waals surface area contributed by atoms with E-state index in [1.165, 1.54) is 24.3 Å². The van der Waals surface area contributed by atoms with E-state index >= 15 is 0 Å². The molecule has 0 bridgehead atoms. The van der Waals surface area contributed by atoms with Gasteiger partial charge >= 0.3 is 0 Å². The molecule has 5 nitrogen and oxygen atoms in total. The van der Waals surface area contributed by atoms with E-state index in [2.05, 4.69) is 4.72 Å². The van der Waals surface area contributed by atoms with Gasteiger partial charge < -0.3 is 9.47 Å². The molecular weight excluding hydrogens is 297 g/mol. The van der Waals surface area contributed by atoms with Crippen molar-refractivity contribution in [1.29, 1.82) is 0 Å². The lowest BCUT2D eigenvalue weighted by Crippen LogP contribution is -2.33. The van der Waals surface area contributed by atoms with Crippen molar-refractivity contribution in [3.05, 3.63) is 30.1 Å². The fraction of sp³-hybridized carbons (Fsp3) is 0.571. The topological polar surface area (TPSA) is 64.6 Å². The fourth-order valence-electron chi connectivity index (χ4n) is 2.07. The minimum absolute atomic E-state index is 0.000907. The third-order valence-corrected chi connectivity index (χ3v) is 4.63. The third-order valence-electron chi connectivity index (χ3n) is 3.19. The summed E-state index contributed by atoms with van der Waals surface area (Å²) in [5, 5.41) is 0. The lowest BCUT2D eigenvalue weighted by Gasteiger charge is -2.11. The summed E-state index contributed by atoms with van der Waals surface area (Å²) in [6.45, 7) is 1.31. The van der Waals surface area contributed by atoms with Crippen LogP contribution < -0.4 is 9.46 Å². The molecule has 0 aliphatic carbocycles. The van der Waals surface area contributed by atoms with Crippen molar-refractivity contribution in [3.63, 3.8) is 0 Å². The average Bonchev–Trinajstić information content (AvgIpc) is 2.97. The van der Waals surface area contributed by atoms with Gasteiger partial charge in [0.1, 0.15) is 11.6 Å². The maximum absolute atomic E-state index is 12.7. The van der Waals surface area contributed by atoms with Crippen molar-refractivity contribution in [2.24, 2.45) is 0 Å². The molecule has 1 fully saturated rings. The zero-order chi connectivity index (χ0) is 15.1. The largest absolute Gasteiger partial charge is 0.494 e. The van der Waals surface area contributed by atoms with Gasteiger partial charge in [0.05, 0.1) is 18.5 Å². The third kappa shape index (κ3) is 5.99. The molecule has 2 rings (SSSR count). The summed E-state index contributed by atoms with van der Waals surface area (Å²) in [5.74, 6) is 0.199. The minimum atomic E-state index is -3.30. The lowest BCUT2D eigenvalue weighted by molar-refractivity contribution is 0.114. The van der Waals surface area contributed by atoms with E-state index in [4.69, 9.17) is 9.47 Å². The molecular formula is C14H20FNO4S. The number of nitrogens with one attached hydrogen (secondary N) is 1. The number of ether oxygens (including phenoxy) is 2. The first-order valence-electron chi connectivity index (χ1n) is 7.02. The molecule has 0 amide bonds. The zero-order valence-electron chi connectivity index (χ0n) is 11.8. The smallest absolute Gasteiger partial charge is 0.211 e. The first-order chi connectivity index (χ1) is 10.1. The Balaban J connectivity index is 1.63. The minimum Gasteiger partial charge on any atom is -0.494 e. The average molecular weight is 317 g/mol. The normalized spacial score (nSPS) is 18.8. The van der Waals surface area contributed by atoms with Crippen molar-refractivity contribution in [2.45, 2.75) is 25.4 Å². The predicted octanol–water partition coefficient (Wildman–Crippen LogP) is 1.69. The van der Waals surface area contributed by atoms with Gasteiger partial charge in [-0.2, -0.15) is 0 Å². The summed E-state index contributed by atoms with van der Waals surface area (Å²) in [4.78, 5) is 0. The number of benzene rings is 1. The number of hydrogen-bond acceptors (Lipinski definition) is 4. The molecule has 0 spiro atoms. The standard InChI is InChI=1S/C14H20FNO4S/c15-12-4-6-13(7-5-12)19-9-2-10-21(17,18)16-11-14-3-1-8-20-14/h4-7,14,16H,1-3,8-11H2/t14-/m0/s1. The summed E-state index contributed by atoms with van der Waals surface area (Å²) < 4.78 is 49.5. The monoisotopic (exact) mass is 317 g/mol. The second kappa shape index (κ2) is 7.72. The van der Waals surface area contributed by atoms with Crippen LogP contribution in [0.3, 0.4) is 0 Å². The van der Waals surface area contributed by atoms with Crippen LogP contribution in [0.4, 0.5) is 4.39 Å². The molecule has 1 N–H and O–H groups in total. The van der Waals surface area contributed by atoms with E-state index in [9.17, 15) is 12.8 Å². The van der Waals surface area contributed by atoms with Crippen LogP contribution in [0.2, 0.25) is 0 Å².